The van der Waals surface area contributed by atoms with E-state index in [1.54, 1.807) is 16.9 Å². The number of nitrogens with zero attached hydrogens (tertiary/aromatic N) is 2. The Balaban J connectivity index is 1.62. The number of amides is 3. The highest BCUT2D eigenvalue weighted by Crippen LogP contribution is 2.38. The summed E-state index contributed by atoms with van der Waals surface area (Å²) in [6.45, 7) is 7.41. The van der Waals surface area contributed by atoms with E-state index >= 15 is 0 Å². The average molecular weight is 380 g/mol. The van der Waals surface area contributed by atoms with Crippen molar-refractivity contribution in [3.8, 4) is 0 Å². The third kappa shape index (κ3) is 3.98. The molecule has 3 saturated heterocycles. The summed E-state index contributed by atoms with van der Waals surface area (Å²) >= 11 is 0. The van der Waals surface area contributed by atoms with Crippen LogP contribution in [0.1, 0.15) is 52.9 Å². The lowest BCUT2D eigenvalue weighted by Gasteiger charge is -2.32. The van der Waals surface area contributed by atoms with Gasteiger partial charge < -0.3 is 19.9 Å². The summed E-state index contributed by atoms with van der Waals surface area (Å²) in [7, 11) is 1.54. The fraction of sp³-hybridized carbons (Fsp3) is 0.850. The summed E-state index contributed by atoms with van der Waals surface area (Å²) in [6.07, 6.45) is 3.89. The minimum Gasteiger partial charge on any atom is -0.371 e. The third-order valence-corrected chi connectivity index (χ3v) is 6.47. The summed E-state index contributed by atoms with van der Waals surface area (Å²) in [4.78, 5) is 41.6. The van der Waals surface area contributed by atoms with Crippen molar-refractivity contribution in [3.05, 3.63) is 0 Å². The first-order valence-corrected chi connectivity index (χ1v) is 10.3. The Kier molecular flexibility index (Phi) is 6.08. The quantitative estimate of drug-likeness (QED) is 0.744. The summed E-state index contributed by atoms with van der Waals surface area (Å²) in [5.74, 6) is -0.201. The van der Waals surface area contributed by atoms with E-state index in [0.717, 1.165) is 32.1 Å². The van der Waals surface area contributed by atoms with E-state index in [4.69, 9.17) is 4.74 Å². The van der Waals surface area contributed by atoms with E-state index < -0.39 is 6.10 Å². The van der Waals surface area contributed by atoms with Crippen LogP contribution in [0.2, 0.25) is 0 Å². The molecule has 3 fully saturated rings. The first-order chi connectivity index (χ1) is 12.8. The Morgan fingerprint density at radius 3 is 2.30 bits per heavy atom. The van der Waals surface area contributed by atoms with Crippen LogP contribution in [0.15, 0.2) is 0 Å². The van der Waals surface area contributed by atoms with Crippen LogP contribution < -0.4 is 5.32 Å². The van der Waals surface area contributed by atoms with E-state index in [-0.39, 0.29) is 41.8 Å². The van der Waals surface area contributed by atoms with Crippen molar-refractivity contribution in [2.24, 2.45) is 11.8 Å². The molecule has 0 aromatic rings. The zero-order valence-electron chi connectivity index (χ0n) is 16.9. The number of piperidine rings is 1. The molecule has 3 heterocycles. The Bertz CT molecular complexity index is 586. The molecule has 1 unspecified atom stereocenters. The molecule has 0 saturated carbocycles. The van der Waals surface area contributed by atoms with Crippen LogP contribution in [0.5, 0.6) is 0 Å². The highest BCUT2D eigenvalue weighted by atomic mass is 16.5. The second-order valence-corrected chi connectivity index (χ2v) is 8.74. The van der Waals surface area contributed by atoms with Gasteiger partial charge in [0.1, 0.15) is 6.10 Å². The predicted molar refractivity (Wildman–Crippen MR) is 101 cm³/mol. The zero-order chi connectivity index (χ0) is 19.7. The Labute approximate surface area is 161 Å². The van der Waals surface area contributed by atoms with Crippen LogP contribution in [0.4, 0.5) is 0 Å². The van der Waals surface area contributed by atoms with Crippen LogP contribution >= 0.6 is 0 Å². The third-order valence-electron chi connectivity index (χ3n) is 6.47. The molecule has 4 atom stereocenters. The molecule has 3 rings (SSSR count). The highest BCUT2D eigenvalue weighted by Gasteiger charge is 2.51. The number of ether oxygens (including phenoxy) is 1. The molecule has 0 radical (unpaired) electrons. The van der Waals surface area contributed by atoms with Gasteiger partial charge in [-0.2, -0.15) is 0 Å². The van der Waals surface area contributed by atoms with Gasteiger partial charge in [0.2, 0.25) is 5.91 Å². The minimum atomic E-state index is -0.495. The van der Waals surface area contributed by atoms with Crippen LogP contribution in [0.25, 0.3) is 0 Å². The molecule has 3 aliphatic rings. The number of hydrogen-bond donors (Lipinski definition) is 1. The van der Waals surface area contributed by atoms with Crippen LogP contribution in [-0.2, 0) is 19.1 Å². The minimum absolute atomic E-state index is 0.0560. The standard InChI is InChI=1S/C20H33N3O4/c1-12(2)17(27-4)18(24)21-15-11-14-5-6-16(15)23(14)20(26)19(25)22-9-7-13(3)8-10-22/h12-17H,5-11H2,1-4H3,(H,21,24)/t14-,15+,16+,17?/m0/s1. The molecule has 0 aromatic carbocycles. The van der Waals surface area contributed by atoms with Crippen LogP contribution in [0, 0.1) is 11.8 Å². The molecule has 3 aliphatic heterocycles. The monoisotopic (exact) mass is 379 g/mol. The second-order valence-electron chi connectivity index (χ2n) is 8.74. The lowest BCUT2D eigenvalue weighted by molar-refractivity contribution is -0.153. The molecule has 7 nitrogen and oxygen atoms in total. The molecule has 0 aliphatic carbocycles. The molecular weight excluding hydrogens is 346 g/mol. The number of carbonyl (C=O) groups is 3. The molecule has 7 heteroatoms. The first kappa shape index (κ1) is 20.1. The first-order valence-electron chi connectivity index (χ1n) is 10.3. The summed E-state index contributed by atoms with van der Waals surface area (Å²) in [5.41, 5.74) is 0. The van der Waals surface area contributed by atoms with Gasteiger partial charge in [-0.25, -0.2) is 0 Å². The normalized spacial score (nSPS) is 29.3. The molecular formula is C20H33N3O4. The molecule has 3 amide bonds. The van der Waals surface area contributed by atoms with Gasteiger partial charge in [0.05, 0.1) is 12.1 Å². The average Bonchev–Trinajstić information content (AvgIpc) is 3.19. The number of carbonyl (C=O) groups excluding carboxylic acids is 3. The molecule has 2 bridgehead atoms. The number of likely N-dealkylation sites (tertiary alicyclic amines) is 1. The van der Waals surface area contributed by atoms with E-state index in [1.165, 1.54) is 0 Å². The molecule has 0 aromatic heterocycles. The van der Waals surface area contributed by atoms with Gasteiger partial charge in [-0.1, -0.05) is 20.8 Å². The SMILES string of the molecule is COC(C(=O)N[C@@H]1C[C@@H]2CC[C@H]1N2C(=O)C(=O)N1CCC(C)CC1)C(C)C. The van der Waals surface area contributed by atoms with Crippen molar-refractivity contribution in [2.75, 3.05) is 20.2 Å². The predicted octanol–water partition coefficient (Wildman–Crippen LogP) is 1.16. The van der Waals surface area contributed by atoms with Gasteiger partial charge in [0, 0.05) is 26.2 Å². The van der Waals surface area contributed by atoms with E-state index in [9.17, 15) is 14.4 Å². The van der Waals surface area contributed by atoms with Gasteiger partial charge in [-0.3, -0.25) is 14.4 Å². The lowest BCUT2D eigenvalue weighted by atomic mass is 9.95. The van der Waals surface area contributed by atoms with Crippen LogP contribution in [-0.4, -0.2) is 72.0 Å². The maximum atomic E-state index is 12.9. The van der Waals surface area contributed by atoms with Gasteiger partial charge >= 0.3 is 11.8 Å². The highest BCUT2D eigenvalue weighted by molar-refractivity contribution is 6.35. The number of hydrogen-bond acceptors (Lipinski definition) is 4. The fourth-order valence-electron chi connectivity index (χ4n) is 4.86. The van der Waals surface area contributed by atoms with Crippen molar-refractivity contribution < 1.29 is 19.1 Å². The number of fused-ring (bicyclic) bond motifs is 2. The molecule has 27 heavy (non-hydrogen) atoms. The van der Waals surface area contributed by atoms with Crippen molar-refractivity contribution in [3.63, 3.8) is 0 Å². The van der Waals surface area contributed by atoms with Crippen molar-refractivity contribution in [2.45, 2.75) is 77.1 Å². The molecule has 0 spiro atoms. The van der Waals surface area contributed by atoms with E-state index in [0.29, 0.717) is 19.0 Å². The largest absolute Gasteiger partial charge is 0.371 e. The maximum absolute atomic E-state index is 12.9. The zero-order valence-corrected chi connectivity index (χ0v) is 16.9. The van der Waals surface area contributed by atoms with Crippen molar-refractivity contribution in [1.29, 1.82) is 0 Å². The Hall–Kier alpha value is -1.63. The molecule has 152 valence electrons. The van der Waals surface area contributed by atoms with Gasteiger partial charge in [-0.05, 0) is 43.9 Å². The van der Waals surface area contributed by atoms with Crippen LogP contribution in [0.3, 0.4) is 0 Å². The number of rotatable bonds is 4. The topological polar surface area (TPSA) is 79.0 Å². The Morgan fingerprint density at radius 1 is 1.04 bits per heavy atom. The smallest absolute Gasteiger partial charge is 0.312 e. The Morgan fingerprint density at radius 2 is 1.70 bits per heavy atom. The lowest BCUT2D eigenvalue weighted by Crippen LogP contribution is -2.52. The maximum Gasteiger partial charge on any atom is 0.312 e. The van der Waals surface area contributed by atoms with Gasteiger partial charge in [-0.15, -0.1) is 0 Å². The van der Waals surface area contributed by atoms with Gasteiger partial charge in [0.15, 0.2) is 0 Å². The van der Waals surface area contributed by atoms with E-state index in [2.05, 4.69) is 12.2 Å². The second kappa shape index (κ2) is 8.17. The molecule has 1 N–H and O–H groups in total. The number of nitrogens with one attached hydrogen (secondary N) is 1. The van der Waals surface area contributed by atoms with Gasteiger partial charge in [0.25, 0.3) is 0 Å². The summed E-state index contributed by atoms with van der Waals surface area (Å²) in [5, 5.41) is 3.07. The summed E-state index contributed by atoms with van der Waals surface area (Å²) < 4.78 is 5.31. The van der Waals surface area contributed by atoms with E-state index in [1.807, 2.05) is 13.8 Å². The summed E-state index contributed by atoms with van der Waals surface area (Å²) in [6, 6.07) is -0.116. The van der Waals surface area contributed by atoms with Crippen molar-refractivity contribution >= 4 is 17.7 Å². The number of methoxy groups -OCH3 is 1. The fourth-order valence-corrected chi connectivity index (χ4v) is 4.86. The van der Waals surface area contributed by atoms with Crippen molar-refractivity contribution in [1.82, 2.24) is 15.1 Å².